The van der Waals surface area contributed by atoms with Crippen LogP contribution in [0.25, 0.3) is 21.3 Å². The number of fused-ring (bicyclic) bond motifs is 1. The number of nitrogens with one attached hydrogen (secondary N) is 2. The fourth-order valence-corrected chi connectivity index (χ4v) is 5.04. The van der Waals surface area contributed by atoms with Gasteiger partial charge in [-0.1, -0.05) is 59.9 Å². The summed E-state index contributed by atoms with van der Waals surface area (Å²) in [6.45, 7) is 4.01. The topological polar surface area (TPSA) is 101 Å². The van der Waals surface area contributed by atoms with E-state index in [1.807, 2.05) is 43.5 Å². The number of rotatable bonds is 6. The van der Waals surface area contributed by atoms with Gasteiger partial charge in [-0.2, -0.15) is 0 Å². The van der Waals surface area contributed by atoms with Gasteiger partial charge in [-0.15, -0.1) is 21.5 Å². The van der Waals surface area contributed by atoms with Gasteiger partial charge in [-0.25, -0.2) is 4.98 Å². The molecule has 0 aliphatic rings. The first kappa shape index (κ1) is 19.7. The lowest BCUT2D eigenvalue weighted by Gasteiger charge is -2.03. The minimum absolute atomic E-state index is 0.117. The van der Waals surface area contributed by atoms with Gasteiger partial charge >= 0.3 is 0 Å². The van der Waals surface area contributed by atoms with Crippen molar-refractivity contribution in [1.29, 1.82) is 0 Å². The van der Waals surface area contributed by atoms with E-state index in [0.29, 0.717) is 20.5 Å². The largest absolute Gasteiger partial charge is 0.301 e. The highest BCUT2D eigenvalue weighted by Gasteiger charge is 2.14. The molecule has 0 bridgehead atoms. The van der Waals surface area contributed by atoms with Gasteiger partial charge < -0.3 is 4.98 Å². The van der Waals surface area contributed by atoms with Crippen LogP contribution in [0, 0.1) is 6.92 Å². The summed E-state index contributed by atoms with van der Waals surface area (Å²) in [7, 11) is 0. The van der Waals surface area contributed by atoms with E-state index in [-0.39, 0.29) is 17.2 Å². The van der Waals surface area contributed by atoms with Crippen LogP contribution in [0.3, 0.4) is 0 Å². The summed E-state index contributed by atoms with van der Waals surface area (Å²) >= 11 is 3.96. The Morgan fingerprint density at radius 1 is 1.24 bits per heavy atom. The van der Waals surface area contributed by atoms with Crippen molar-refractivity contribution >= 4 is 55.7 Å². The van der Waals surface area contributed by atoms with Crippen molar-refractivity contribution in [1.82, 2.24) is 20.2 Å². The van der Waals surface area contributed by atoms with E-state index in [0.717, 1.165) is 28.1 Å². The molecule has 0 fully saturated rings. The van der Waals surface area contributed by atoms with Gasteiger partial charge in [0, 0.05) is 10.9 Å². The molecule has 4 rings (SSSR count). The Labute approximate surface area is 178 Å². The van der Waals surface area contributed by atoms with Gasteiger partial charge in [-0.3, -0.25) is 14.9 Å². The summed E-state index contributed by atoms with van der Waals surface area (Å²) in [5.74, 6) is -0.103. The zero-order valence-electron chi connectivity index (χ0n) is 15.7. The number of aromatic amines is 1. The van der Waals surface area contributed by atoms with Crippen molar-refractivity contribution in [2.45, 2.75) is 25.4 Å². The third-order valence-corrected chi connectivity index (χ3v) is 6.87. The van der Waals surface area contributed by atoms with E-state index in [1.165, 1.54) is 34.4 Å². The monoisotopic (exact) mass is 443 g/mol. The smallest absolute Gasteiger partial charge is 0.260 e. The van der Waals surface area contributed by atoms with Crippen molar-refractivity contribution in [3.8, 4) is 11.1 Å². The van der Waals surface area contributed by atoms with E-state index in [9.17, 15) is 9.59 Å². The van der Waals surface area contributed by atoms with Crippen molar-refractivity contribution in [2.75, 3.05) is 11.1 Å². The minimum Gasteiger partial charge on any atom is -0.301 e. The molecule has 0 radical (unpaired) electrons. The molecular formula is C19H17N5O2S3. The van der Waals surface area contributed by atoms with Gasteiger partial charge in [0.05, 0.1) is 11.1 Å². The molecule has 0 saturated heterocycles. The minimum atomic E-state index is -0.219. The lowest BCUT2D eigenvalue weighted by Crippen LogP contribution is -2.15. The predicted octanol–water partition coefficient (Wildman–Crippen LogP) is 4.10. The summed E-state index contributed by atoms with van der Waals surface area (Å²) in [6.07, 6.45) is 0.777. The van der Waals surface area contributed by atoms with Crippen LogP contribution in [0.2, 0.25) is 0 Å². The number of anilines is 1. The molecule has 7 nitrogen and oxygen atoms in total. The summed E-state index contributed by atoms with van der Waals surface area (Å²) in [6, 6.07) is 8.04. The van der Waals surface area contributed by atoms with Crippen LogP contribution in [0.4, 0.5) is 5.13 Å². The van der Waals surface area contributed by atoms with Crippen LogP contribution in [-0.4, -0.2) is 31.8 Å². The molecule has 3 heterocycles. The van der Waals surface area contributed by atoms with Crippen LogP contribution < -0.4 is 10.9 Å². The molecule has 10 heteroatoms. The fourth-order valence-electron chi connectivity index (χ4n) is 2.68. The zero-order valence-corrected chi connectivity index (χ0v) is 18.1. The molecule has 1 aromatic carbocycles. The first-order chi connectivity index (χ1) is 14.0. The zero-order chi connectivity index (χ0) is 20.4. The Morgan fingerprint density at radius 3 is 2.76 bits per heavy atom. The summed E-state index contributed by atoms with van der Waals surface area (Å²) in [4.78, 5) is 32.8. The Balaban J connectivity index is 1.49. The molecule has 0 aliphatic carbocycles. The van der Waals surface area contributed by atoms with E-state index >= 15 is 0 Å². The number of thioether (sulfide) groups is 1. The summed E-state index contributed by atoms with van der Waals surface area (Å²) in [5, 5.41) is 14.9. The maximum absolute atomic E-state index is 12.7. The lowest BCUT2D eigenvalue weighted by atomic mass is 10.1. The number of H-pyrrole nitrogens is 1. The second kappa shape index (κ2) is 8.44. The van der Waals surface area contributed by atoms with Crippen molar-refractivity contribution in [2.24, 2.45) is 0 Å². The number of amides is 1. The molecule has 0 atom stereocenters. The van der Waals surface area contributed by atoms with E-state index in [4.69, 9.17) is 0 Å². The SMILES string of the molecule is CCc1nnc(NC(=O)CSc2nc3scc(-c4ccc(C)cc4)c3c(=O)[nH]2)s1. The highest BCUT2D eigenvalue weighted by atomic mass is 32.2. The summed E-state index contributed by atoms with van der Waals surface area (Å²) < 4.78 is 0. The van der Waals surface area contributed by atoms with Gasteiger partial charge in [0.15, 0.2) is 5.16 Å². The fraction of sp³-hybridized carbons (Fsp3) is 0.211. The van der Waals surface area contributed by atoms with Gasteiger partial charge in [-0.05, 0) is 18.9 Å². The summed E-state index contributed by atoms with van der Waals surface area (Å²) in [5.41, 5.74) is 2.82. The maximum atomic E-state index is 12.7. The third-order valence-electron chi connectivity index (χ3n) is 4.14. The second-order valence-corrected chi connectivity index (χ2v) is 9.14. The molecule has 4 aromatic rings. The van der Waals surface area contributed by atoms with Gasteiger partial charge in [0.2, 0.25) is 11.0 Å². The van der Waals surface area contributed by atoms with Crippen molar-refractivity contribution < 1.29 is 4.79 Å². The molecule has 0 saturated carbocycles. The number of carbonyl (C=O) groups is 1. The number of aryl methyl sites for hydroxylation is 2. The van der Waals surface area contributed by atoms with Crippen molar-refractivity contribution in [3.63, 3.8) is 0 Å². The molecule has 29 heavy (non-hydrogen) atoms. The van der Waals surface area contributed by atoms with Crippen molar-refractivity contribution in [3.05, 3.63) is 50.6 Å². The first-order valence-corrected chi connectivity index (χ1v) is 11.5. The van der Waals surface area contributed by atoms with E-state index in [1.54, 1.807) is 0 Å². The molecular weight excluding hydrogens is 426 g/mol. The Morgan fingerprint density at radius 2 is 2.03 bits per heavy atom. The number of hydrogen-bond donors (Lipinski definition) is 2. The van der Waals surface area contributed by atoms with E-state index in [2.05, 4.69) is 25.5 Å². The molecule has 0 spiro atoms. The highest BCUT2D eigenvalue weighted by molar-refractivity contribution is 7.99. The van der Waals surface area contributed by atoms with Crippen LogP contribution in [0.1, 0.15) is 17.5 Å². The van der Waals surface area contributed by atoms with Crippen LogP contribution >= 0.6 is 34.4 Å². The lowest BCUT2D eigenvalue weighted by molar-refractivity contribution is -0.113. The average molecular weight is 444 g/mol. The molecule has 0 aliphatic heterocycles. The number of carbonyl (C=O) groups excluding carboxylic acids is 1. The highest BCUT2D eigenvalue weighted by Crippen LogP contribution is 2.31. The Hall–Kier alpha value is -2.56. The van der Waals surface area contributed by atoms with Crippen LogP contribution in [-0.2, 0) is 11.2 Å². The molecule has 3 aromatic heterocycles. The molecule has 148 valence electrons. The number of hydrogen-bond acceptors (Lipinski definition) is 8. The predicted molar refractivity (Wildman–Crippen MR) is 119 cm³/mol. The average Bonchev–Trinajstić information content (AvgIpc) is 3.34. The van der Waals surface area contributed by atoms with E-state index < -0.39 is 0 Å². The quantitative estimate of drug-likeness (QED) is 0.344. The Kier molecular flexibility index (Phi) is 5.74. The van der Waals surface area contributed by atoms with Crippen LogP contribution in [0.15, 0.2) is 39.6 Å². The number of benzene rings is 1. The van der Waals surface area contributed by atoms with Gasteiger partial charge in [0.1, 0.15) is 9.84 Å². The molecule has 1 amide bonds. The first-order valence-electron chi connectivity index (χ1n) is 8.87. The molecule has 0 unspecified atom stereocenters. The number of aromatic nitrogens is 4. The molecule has 2 N–H and O–H groups in total. The third kappa shape index (κ3) is 4.39. The number of thiophene rings is 1. The second-order valence-electron chi connectivity index (χ2n) is 6.26. The van der Waals surface area contributed by atoms with Gasteiger partial charge in [0.25, 0.3) is 5.56 Å². The maximum Gasteiger partial charge on any atom is 0.260 e. The van der Waals surface area contributed by atoms with Crippen LogP contribution in [0.5, 0.6) is 0 Å². The Bertz CT molecular complexity index is 1230. The number of nitrogens with zero attached hydrogens (tertiary/aromatic N) is 3. The standard InChI is InChI=1S/C19H17N5O2S3/c1-3-14-23-24-19(29-14)20-13(25)9-28-18-21-16(26)15-12(8-27-17(15)22-18)11-6-4-10(2)5-7-11/h4-8H,3,9H2,1-2H3,(H,20,24,25)(H,21,22,26). The normalized spacial score (nSPS) is 11.1.